The number of carbonyl (C=O) groups excluding carboxylic acids is 3. The van der Waals surface area contributed by atoms with Gasteiger partial charge in [-0.2, -0.15) is 13.2 Å². The molecule has 1 N–H and O–H groups in total. The second kappa shape index (κ2) is 9.52. The fraction of sp³-hybridized carbons (Fsp3) is 0.556. The van der Waals surface area contributed by atoms with Crippen LogP contribution in [0.25, 0.3) is 0 Å². The van der Waals surface area contributed by atoms with Gasteiger partial charge in [0.25, 0.3) is 0 Å². The summed E-state index contributed by atoms with van der Waals surface area (Å²) >= 11 is 0. The van der Waals surface area contributed by atoms with Gasteiger partial charge in [0.1, 0.15) is 17.1 Å². The fourth-order valence-electron chi connectivity index (χ4n) is 2.12. The Morgan fingerprint density at radius 3 is 2.32 bits per heavy atom. The van der Waals surface area contributed by atoms with Crippen LogP contribution in [0.15, 0.2) is 18.2 Å². The highest BCUT2D eigenvalue weighted by Crippen LogP contribution is 2.32. The van der Waals surface area contributed by atoms with E-state index in [1.165, 1.54) is 25.1 Å². The van der Waals surface area contributed by atoms with E-state index in [1.54, 1.807) is 20.8 Å². The van der Waals surface area contributed by atoms with Crippen molar-refractivity contribution < 1.29 is 37.0 Å². The molecule has 0 saturated heterocycles. The molecule has 7 nitrogen and oxygen atoms in total. The molecule has 0 unspecified atom stereocenters. The monoisotopic (exact) mass is 404 g/mol. The third kappa shape index (κ3) is 8.36. The molecule has 0 aliphatic heterocycles. The predicted molar refractivity (Wildman–Crippen MR) is 93.8 cm³/mol. The summed E-state index contributed by atoms with van der Waals surface area (Å²) in [4.78, 5) is 39.2. The van der Waals surface area contributed by atoms with Crippen molar-refractivity contribution in [2.75, 3.05) is 11.9 Å². The number of hydrogen-bond donors (Lipinski definition) is 1. The van der Waals surface area contributed by atoms with Gasteiger partial charge in [-0.3, -0.25) is 14.9 Å². The number of esters is 1. The van der Waals surface area contributed by atoms with E-state index in [-0.39, 0.29) is 18.1 Å². The van der Waals surface area contributed by atoms with Crippen molar-refractivity contribution in [2.24, 2.45) is 5.92 Å². The van der Waals surface area contributed by atoms with Crippen molar-refractivity contribution in [3.05, 3.63) is 23.9 Å². The Labute approximate surface area is 160 Å². The van der Waals surface area contributed by atoms with Crippen LogP contribution in [0.4, 0.5) is 23.8 Å². The van der Waals surface area contributed by atoms with Gasteiger partial charge in [-0.05, 0) is 39.8 Å². The first kappa shape index (κ1) is 23.4. The number of aromatic nitrogens is 1. The lowest BCUT2D eigenvalue weighted by atomic mass is 9.96. The lowest BCUT2D eigenvalue weighted by molar-refractivity contribution is -0.183. The van der Waals surface area contributed by atoms with E-state index >= 15 is 0 Å². The number of hydrogen-bond acceptors (Lipinski definition) is 6. The summed E-state index contributed by atoms with van der Waals surface area (Å²) in [5.74, 6) is -4.19. The number of alkyl halides is 3. The second-order valence-corrected chi connectivity index (χ2v) is 6.91. The van der Waals surface area contributed by atoms with Gasteiger partial charge < -0.3 is 9.47 Å². The predicted octanol–water partition coefficient (Wildman–Crippen LogP) is 4.13. The average Bonchev–Trinajstić information content (AvgIpc) is 2.51. The van der Waals surface area contributed by atoms with E-state index in [1.807, 2.05) is 0 Å². The van der Waals surface area contributed by atoms with Gasteiger partial charge >= 0.3 is 18.2 Å². The molecule has 0 radical (unpaired) electrons. The summed E-state index contributed by atoms with van der Waals surface area (Å²) in [5, 5.41) is 2.31. The molecule has 1 rings (SSSR count). The molecular weight excluding hydrogens is 381 g/mol. The Morgan fingerprint density at radius 2 is 1.79 bits per heavy atom. The average molecular weight is 404 g/mol. The molecule has 156 valence electrons. The van der Waals surface area contributed by atoms with Crippen LogP contribution in [-0.2, 0) is 14.3 Å². The van der Waals surface area contributed by atoms with Gasteiger partial charge in [0, 0.05) is 6.42 Å². The molecule has 0 saturated carbocycles. The molecule has 1 atom stereocenters. The maximum Gasteiger partial charge on any atom is 0.413 e. The van der Waals surface area contributed by atoms with E-state index in [9.17, 15) is 27.6 Å². The molecule has 1 aromatic rings. The van der Waals surface area contributed by atoms with Gasteiger partial charge in [-0.25, -0.2) is 9.78 Å². The standard InChI is InChI=1S/C18H23F3N2O5/c1-5-27-15(25)10-11(18(19,20)21)9-13(24)12-7-6-8-14(22-12)23-16(26)28-17(2,3)4/h6-8,11H,5,9-10H2,1-4H3,(H,22,23,26)/t11-/m0/s1. The van der Waals surface area contributed by atoms with Crippen molar-refractivity contribution >= 4 is 23.7 Å². The molecule has 0 aliphatic carbocycles. The van der Waals surface area contributed by atoms with E-state index in [2.05, 4.69) is 15.0 Å². The Balaban J connectivity index is 2.87. The van der Waals surface area contributed by atoms with Crippen molar-refractivity contribution in [2.45, 2.75) is 52.3 Å². The lowest BCUT2D eigenvalue weighted by Gasteiger charge is -2.20. The third-order valence-corrected chi connectivity index (χ3v) is 3.28. The molecule has 0 spiro atoms. The Morgan fingerprint density at radius 1 is 1.14 bits per heavy atom. The zero-order chi connectivity index (χ0) is 21.5. The van der Waals surface area contributed by atoms with Crippen LogP contribution in [0.3, 0.4) is 0 Å². The van der Waals surface area contributed by atoms with Crippen LogP contribution < -0.4 is 5.32 Å². The number of ether oxygens (including phenoxy) is 2. The van der Waals surface area contributed by atoms with Crippen LogP contribution in [0.2, 0.25) is 0 Å². The highest BCUT2D eigenvalue weighted by molar-refractivity contribution is 5.95. The van der Waals surface area contributed by atoms with Crippen LogP contribution in [0.5, 0.6) is 0 Å². The molecule has 1 amide bonds. The number of carbonyl (C=O) groups is 3. The molecular formula is C18H23F3N2O5. The summed E-state index contributed by atoms with van der Waals surface area (Å²) in [6.07, 6.45) is -7.50. The molecule has 1 aromatic heterocycles. The molecule has 28 heavy (non-hydrogen) atoms. The lowest BCUT2D eigenvalue weighted by Crippen LogP contribution is -2.29. The second-order valence-electron chi connectivity index (χ2n) is 6.91. The number of nitrogens with zero attached hydrogens (tertiary/aromatic N) is 1. The number of pyridine rings is 1. The highest BCUT2D eigenvalue weighted by Gasteiger charge is 2.42. The van der Waals surface area contributed by atoms with E-state index in [0.717, 1.165) is 0 Å². The highest BCUT2D eigenvalue weighted by atomic mass is 19.4. The van der Waals surface area contributed by atoms with Gasteiger partial charge in [0.2, 0.25) is 0 Å². The minimum absolute atomic E-state index is 0.0472. The number of rotatable bonds is 7. The first-order valence-corrected chi connectivity index (χ1v) is 8.54. The topological polar surface area (TPSA) is 94.6 Å². The van der Waals surface area contributed by atoms with Crippen LogP contribution in [0, 0.1) is 5.92 Å². The number of halogens is 3. The summed E-state index contributed by atoms with van der Waals surface area (Å²) in [7, 11) is 0. The van der Waals surface area contributed by atoms with E-state index < -0.39 is 48.4 Å². The van der Waals surface area contributed by atoms with Crippen molar-refractivity contribution in [3.8, 4) is 0 Å². The Bertz CT molecular complexity index is 714. The molecule has 10 heteroatoms. The van der Waals surface area contributed by atoms with Crippen LogP contribution in [-0.4, -0.2) is 41.2 Å². The smallest absolute Gasteiger partial charge is 0.413 e. The zero-order valence-corrected chi connectivity index (χ0v) is 16.1. The minimum Gasteiger partial charge on any atom is -0.466 e. The minimum atomic E-state index is -4.76. The maximum atomic E-state index is 13.2. The van der Waals surface area contributed by atoms with E-state index in [0.29, 0.717) is 0 Å². The normalized spacial score (nSPS) is 12.8. The number of ketones is 1. The molecule has 0 aromatic carbocycles. The molecule has 0 fully saturated rings. The van der Waals surface area contributed by atoms with E-state index in [4.69, 9.17) is 4.74 Å². The summed E-state index contributed by atoms with van der Waals surface area (Å²) in [6.45, 7) is 6.37. The zero-order valence-electron chi connectivity index (χ0n) is 16.1. The summed E-state index contributed by atoms with van der Waals surface area (Å²) in [6, 6.07) is 3.95. The fourth-order valence-corrected chi connectivity index (χ4v) is 2.12. The van der Waals surface area contributed by atoms with Crippen LogP contribution in [0.1, 0.15) is 51.0 Å². The number of Topliss-reactive ketones (excluding diaryl/α,β-unsaturated/α-hetero) is 1. The number of anilines is 1. The van der Waals surface area contributed by atoms with Crippen LogP contribution >= 0.6 is 0 Å². The first-order chi connectivity index (χ1) is 12.8. The number of nitrogens with one attached hydrogen (secondary N) is 1. The summed E-state index contributed by atoms with van der Waals surface area (Å²) < 4.78 is 49.0. The maximum absolute atomic E-state index is 13.2. The van der Waals surface area contributed by atoms with Crippen molar-refractivity contribution in [1.82, 2.24) is 4.98 Å². The van der Waals surface area contributed by atoms with Crippen molar-refractivity contribution in [1.29, 1.82) is 0 Å². The molecule has 0 aliphatic rings. The largest absolute Gasteiger partial charge is 0.466 e. The third-order valence-electron chi connectivity index (χ3n) is 3.28. The molecule has 1 heterocycles. The number of amides is 1. The van der Waals surface area contributed by atoms with Gasteiger partial charge in [-0.1, -0.05) is 6.07 Å². The quantitative estimate of drug-likeness (QED) is 0.542. The Hall–Kier alpha value is -2.65. The van der Waals surface area contributed by atoms with Crippen molar-refractivity contribution in [3.63, 3.8) is 0 Å². The first-order valence-electron chi connectivity index (χ1n) is 8.54. The summed E-state index contributed by atoms with van der Waals surface area (Å²) in [5.41, 5.74) is -1.03. The Kier molecular flexibility index (Phi) is 7.95. The molecule has 0 bridgehead atoms. The van der Waals surface area contributed by atoms with Gasteiger partial charge in [-0.15, -0.1) is 0 Å². The van der Waals surface area contributed by atoms with Gasteiger partial charge in [0.05, 0.1) is 18.9 Å². The van der Waals surface area contributed by atoms with Gasteiger partial charge in [0.15, 0.2) is 5.78 Å². The SMILES string of the molecule is CCOC(=O)C[C@H](CC(=O)c1cccc(NC(=O)OC(C)(C)C)n1)C(F)(F)F.